The van der Waals surface area contributed by atoms with E-state index in [2.05, 4.69) is 62.4 Å². The number of fused-ring (bicyclic) bond motifs is 1. The van der Waals surface area contributed by atoms with Crippen molar-refractivity contribution in [1.29, 1.82) is 0 Å². The van der Waals surface area contributed by atoms with Gasteiger partial charge in [-0.15, -0.1) is 0 Å². The molecule has 2 heterocycles. The molecule has 0 spiro atoms. The van der Waals surface area contributed by atoms with Crippen molar-refractivity contribution in [2.75, 3.05) is 0 Å². The van der Waals surface area contributed by atoms with Gasteiger partial charge in [0.25, 0.3) is 0 Å². The monoisotopic (exact) mass is 361 g/mol. The van der Waals surface area contributed by atoms with E-state index in [1.54, 1.807) is 0 Å². The van der Waals surface area contributed by atoms with E-state index in [4.69, 9.17) is 21.7 Å². The van der Waals surface area contributed by atoms with Crippen molar-refractivity contribution in [3.05, 3.63) is 75.9 Å². The zero-order valence-electron chi connectivity index (χ0n) is 15.3. The fourth-order valence-corrected chi connectivity index (χ4v) is 3.36. The first kappa shape index (κ1) is 16.8. The van der Waals surface area contributed by atoms with Gasteiger partial charge in [-0.05, 0) is 45.4 Å². The molecule has 0 N–H and O–H groups in total. The maximum Gasteiger partial charge on any atom is 0.164 e. The van der Waals surface area contributed by atoms with Gasteiger partial charge in [0.2, 0.25) is 0 Å². The maximum absolute atomic E-state index is 6.52. The minimum atomic E-state index is 0.703. The van der Waals surface area contributed by atoms with Gasteiger partial charge in [-0.1, -0.05) is 59.1 Å². The fourth-order valence-electron chi connectivity index (χ4n) is 3.23. The lowest BCUT2D eigenvalue weighted by Crippen LogP contribution is -1.99. The molecule has 0 saturated carbocycles. The number of hydrogen-bond donors (Lipinski definition) is 0. The molecule has 0 aliphatic carbocycles. The van der Waals surface area contributed by atoms with Gasteiger partial charge in [-0.25, -0.2) is 9.67 Å². The normalized spacial score (nSPS) is 11.3. The van der Waals surface area contributed by atoms with Crippen LogP contribution in [0.2, 0.25) is 5.02 Å². The van der Waals surface area contributed by atoms with Gasteiger partial charge in [-0.2, -0.15) is 5.10 Å². The van der Waals surface area contributed by atoms with E-state index < -0.39 is 0 Å². The van der Waals surface area contributed by atoms with Crippen LogP contribution in [0.15, 0.2) is 48.5 Å². The second kappa shape index (κ2) is 6.26. The Morgan fingerprint density at radius 3 is 2.00 bits per heavy atom. The van der Waals surface area contributed by atoms with Crippen molar-refractivity contribution in [3.8, 4) is 16.9 Å². The molecule has 0 atom stereocenters. The van der Waals surface area contributed by atoms with E-state index in [0.717, 1.165) is 39.2 Å². The van der Waals surface area contributed by atoms with Gasteiger partial charge < -0.3 is 0 Å². The average Bonchev–Trinajstić information content (AvgIpc) is 3.00. The quantitative estimate of drug-likeness (QED) is 0.440. The molecule has 0 saturated heterocycles. The van der Waals surface area contributed by atoms with E-state index in [1.165, 1.54) is 11.1 Å². The lowest BCUT2D eigenvalue weighted by Gasteiger charge is -2.07. The lowest BCUT2D eigenvalue weighted by atomic mass is 10.0. The highest BCUT2D eigenvalue weighted by Gasteiger charge is 2.19. The molecule has 0 aliphatic rings. The summed E-state index contributed by atoms with van der Waals surface area (Å²) in [6.07, 6.45) is 0. The summed E-state index contributed by atoms with van der Waals surface area (Å²) in [6, 6.07) is 16.7. The van der Waals surface area contributed by atoms with E-state index in [-0.39, 0.29) is 0 Å². The first-order valence-corrected chi connectivity index (χ1v) is 9.03. The zero-order valence-corrected chi connectivity index (χ0v) is 16.1. The van der Waals surface area contributed by atoms with Crippen LogP contribution < -0.4 is 0 Å². The third kappa shape index (κ3) is 2.69. The number of hydrogen-bond acceptors (Lipinski definition) is 2. The molecule has 2 aromatic carbocycles. The van der Waals surface area contributed by atoms with Crippen molar-refractivity contribution in [3.63, 3.8) is 0 Å². The van der Waals surface area contributed by atoms with Crippen LogP contribution in [-0.2, 0) is 0 Å². The second-order valence-electron chi connectivity index (χ2n) is 6.80. The van der Waals surface area contributed by atoms with Gasteiger partial charge in [0, 0.05) is 5.56 Å². The summed E-state index contributed by atoms with van der Waals surface area (Å²) in [5.41, 5.74) is 8.08. The summed E-state index contributed by atoms with van der Waals surface area (Å²) >= 11 is 6.52. The van der Waals surface area contributed by atoms with Crippen LogP contribution in [0.1, 0.15) is 22.4 Å². The van der Waals surface area contributed by atoms with Gasteiger partial charge in [0.15, 0.2) is 5.65 Å². The van der Waals surface area contributed by atoms with Crippen molar-refractivity contribution in [1.82, 2.24) is 14.8 Å². The van der Waals surface area contributed by atoms with Crippen LogP contribution in [0.4, 0.5) is 0 Å². The van der Waals surface area contributed by atoms with Crippen LogP contribution in [0.5, 0.6) is 0 Å². The summed E-state index contributed by atoms with van der Waals surface area (Å²) in [5, 5.41) is 6.64. The highest BCUT2D eigenvalue weighted by molar-refractivity contribution is 6.33. The fraction of sp³-hybridized carbons (Fsp3) is 0.182. The average molecular weight is 362 g/mol. The molecule has 0 radical (unpaired) electrons. The third-order valence-electron chi connectivity index (χ3n) is 4.76. The molecular formula is C22H20ClN3. The number of halogens is 1. The molecule has 2 aromatic heterocycles. The highest BCUT2D eigenvalue weighted by Crippen LogP contribution is 2.35. The Morgan fingerprint density at radius 2 is 1.38 bits per heavy atom. The Labute approximate surface area is 158 Å². The van der Waals surface area contributed by atoms with E-state index >= 15 is 0 Å². The van der Waals surface area contributed by atoms with Crippen LogP contribution >= 0.6 is 11.6 Å². The molecule has 0 fully saturated rings. The second-order valence-corrected chi connectivity index (χ2v) is 7.17. The predicted molar refractivity (Wildman–Crippen MR) is 108 cm³/mol. The molecule has 4 aromatic rings. The summed E-state index contributed by atoms with van der Waals surface area (Å²) in [7, 11) is 0. The third-order valence-corrected chi connectivity index (χ3v) is 5.32. The molecule has 26 heavy (non-hydrogen) atoms. The summed E-state index contributed by atoms with van der Waals surface area (Å²) < 4.78 is 1.92. The van der Waals surface area contributed by atoms with Crippen LogP contribution in [-0.4, -0.2) is 14.8 Å². The molecule has 0 amide bonds. The van der Waals surface area contributed by atoms with Gasteiger partial charge >= 0.3 is 0 Å². The Bertz CT molecular complexity index is 1110. The highest BCUT2D eigenvalue weighted by atomic mass is 35.5. The summed E-state index contributed by atoms with van der Waals surface area (Å²) in [6.45, 7) is 8.14. The number of aryl methyl sites for hydroxylation is 4. The molecule has 0 bridgehead atoms. The van der Waals surface area contributed by atoms with Gasteiger partial charge in [-0.3, -0.25) is 0 Å². The molecule has 0 unspecified atom stereocenters. The molecule has 3 nitrogen and oxygen atoms in total. The van der Waals surface area contributed by atoms with Crippen LogP contribution in [0.3, 0.4) is 0 Å². The minimum absolute atomic E-state index is 0.703. The Hall–Kier alpha value is -2.65. The van der Waals surface area contributed by atoms with Gasteiger partial charge in [0.1, 0.15) is 5.69 Å². The van der Waals surface area contributed by atoms with Crippen molar-refractivity contribution < 1.29 is 0 Å². The molecule has 4 rings (SSSR count). The van der Waals surface area contributed by atoms with Crippen molar-refractivity contribution in [2.24, 2.45) is 0 Å². The minimum Gasteiger partial charge on any atom is -0.232 e. The van der Waals surface area contributed by atoms with Crippen LogP contribution in [0, 0.1) is 27.7 Å². The molecule has 4 heteroatoms. The molecule has 0 aliphatic heterocycles. The summed E-state index contributed by atoms with van der Waals surface area (Å²) in [5.74, 6) is 0. The Kier molecular flexibility index (Phi) is 4.04. The standard InChI is InChI=1S/C22H20ClN3/c1-13-5-9-17(10-6-13)21-19-15(3)20(23)16(4)24-22(19)26(25-21)18-11-7-14(2)8-12-18/h5-12H,1-4H3. The lowest BCUT2D eigenvalue weighted by molar-refractivity contribution is 0.897. The number of benzene rings is 2. The van der Waals surface area contributed by atoms with Crippen LogP contribution in [0.25, 0.3) is 28.0 Å². The van der Waals surface area contributed by atoms with Gasteiger partial charge in [0.05, 0.1) is 21.8 Å². The Balaban J connectivity index is 2.07. The van der Waals surface area contributed by atoms with Crippen molar-refractivity contribution in [2.45, 2.75) is 27.7 Å². The summed E-state index contributed by atoms with van der Waals surface area (Å²) in [4.78, 5) is 4.77. The number of aromatic nitrogens is 3. The van der Waals surface area contributed by atoms with Crippen molar-refractivity contribution >= 4 is 22.6 Å². The molecule has 130 valence electrons. The number of rotatable bonds is 2. The Morgan fingerprint density at radius 1 is 0.808 bits per heavy atom. The maximum atomic E-state index is 6.52. The smallest absolute Gasteiger partial charge is 0.164 e. The van der Waals surface area contributed by atoms with E-state index in [0.29, 0.717) is 5.02 Å². The largest absolute Gasteiger partial charge is 0.232 e. The topological polar surface area (TPSA) is 30.7 Å². The number of nitrogens with zero attached hydrogens (tertiary/aromatic N) is 3. The first-order chi connectivity index (χ1) is 12.5. The predicted octanol–water partition coefficient (Wildman–Crippen LogP) is 5.97. The van der Waals surface area contributed by atoms with E-state index in [9.17, 15) is 0 Å². The SMILES string of the molecule is Cc1ccc(-c2nn(-c3ccc(C)cc3)c3nc(C)c(Cl)c(C)c23)cc1. The molecular weight excluding hydrogens is 342 g/mol. The zero-order chi connectivity index (χ0) is 18.4. The number of pyridine rings is 1. The first-order valence-electron chi connectivity index (χ1n) is 8.65. The van der Waals surface area contributed by atoms with E-state index in [1.807, 2.05) is 18.5 Å².